The number of benzene rings is 1. The number of nitrogens with zero attached hydrogens (tertiary/aromatic N) is 1. The average Bonchev–Trinajstić information content (AvgIpc) is 2.71. The van der Waals surface area contributed by atoms with E-state index in [0.29, 0.717) is 10.6 Å². The molecule has 0 aliphatic rings. The number of carbonyl (C=O) groups is 1. The third kappa shape index (κ3) is 2.09. The smallest absolute Gasteiger partial charge is 0.331 e. The number of aliphatic carboxylic acids is 1. The monoisotopic (exact) mass is 235 g/mol. The van der Waals surface area contributed by atoms with E-state index in [1.165, 1.54) is 0 Å². The number of hydrogen-bond donors (Lipinski definition) is 1. The molecular formula is C12H10ClNO2. The van der Waals surface area contributed by atoms with Crippen LogP contribution in [-0.4, -0.2) is 15.6 Å². The molecule has 1 N–H and O–H groups in total. The quantitative estimate of drug-likeness (QED) is 0.889. The van der Waals surface area contributed by atoms with Gasteiger partial charge in [-0.2, -0.15) is 0 Å². The van der Waals surface area contributed by atoms with Crippen LogP contribution < -0.4 is 0 Å². The zero-order valence-electron chi connectivity index (χ0n) is 8.38. The second-order valence-electron chi connectivity index (χ2n) is 3.43. The van der Waals surface area contributed by atoms with Crippen LogP contribution in [0.3, 0.4) is 0 Å². The number of rotatable bonds is 3. The predicted molar refractivity (Wildman–Crippen MR) is 61.7 cm³/mol. The van der Waals surface area contributed by atoms with E-state index in [2.05, 4.69) is 0 Å². The summed E-state index contributed by atoms with van der Waals surface area (Å²) >= 11 is 5.85. The van der Waals surface area contributed by atoms with Gasteiger partial charge in [0.1, 0.15) is 0 Å². The largest absolute Gasteiger partial charge is 0.479 e. The molecule has 1 aromatic heterocycles. The maximum absolute atomic E-state index is 11.2. The molecule has 0 aliphatic heterocycles. The molecule has 1 aromatic carbocycles. The first-order valence-electron chi connectivity index (χ1n) is 4.79. The first-order chi connectivity index (χ1) is 7.68. The first kappa shape index (κ1) is 10.8. The second kappa shape index (κ2) is 4.41. The molecule has 4 heteroatoms. The van der Waals surface area contributed by atoms with E-state index in [4.69, 9.17) is 11.6 Å². The Kier molecular flexibility index (Phi) is 2.97. The lowest BCUT2D eigenvalue weighted by atomic mass is 10.1. The van der Waals surface area contributed by atoms with E-state index < -0.39 is 12.0 Å². The highest BCUT2D eigenvalue weighted by molar-refractivity contribution is 6.30. The van der Waals surface area contributed by atoms with E-state index in [1.807, 2.05) is 0 Å². The number of halogens is 1. The maximum atomic E-state index is 11.2. The molecule has 1 heterocycles. The van der Waals surface area contributed by atoms with Crippen LogP contribution in [-0.2, 0) is 4.79 Å². The summed E-state index contributed by atoms with van der Waals surface area (Å²) in [6.45, 7) is 0. The lowest BCUT2D eigenvalue weighted by Crippen LogP contribution is -2.18. The minimum atomic E-state index is -0.904. The topological polar surface area (TPSA) is 42.2 Å². The predicted octanol–water partition coefficient (Wildman–Crippen LogP) is 2.82. The Morgan fingerprint density at radius 1 is 1.25 bits per heavy atom. The van der Waals surface area contributed by atoms with Crippen LogP contribution in [0.4, 0.5) is 0 Å². The normalized spacial score (nSPS) is 12.3. The van der Waals surface area contributed by atoms with Crippen molar-refractivity contribution in [2.75, 3.05) is 0 Å². The Morgan fingerprint density at radius 2 is 1.94 bits per heavy atom. The highest BCUT2D eigenvalue weighted by Gasteiger charge is 2.20. The molecular weight excluding hydrogens is 226 g/mol. The summed E-state index contributed by atoms with van der Waals surface area (Å²) in [5.74, 6) is -0.904. The van der Waals surface area contributed by atoms with Crippen LogP contribution in [0.15, 0.2) is 48.8 Å². The minimum absolute atomic E-state index is 0.538. The molecule has 0 radical (unpaired) electrons. The summed E-state index contributed by atoms with van der Waals surface area (Å²) < 4.78 is 1.63. The van der Waals surface area contributed by atoms with Gasteiger partial charge in [-0.3, -0.25) is 0 Å². The first-order valence-corrected chi connectivity index (χ1v) is 5.17. The Bertz CT molecular complexity index is 493. The summed E-state index contributed by atoms with van der Waals surface area (Å²) in [7, 11) is 0. The zero-order chi connectivity index (χ0) is 11.5. The van der Waals surface area contributed by atoms with E-state index >= 15 is 0 Å². The Balaban J connectivity index is 2.45. The van der Waals surface area contributed by atoms with Crippen molar-refractivity contribution in [3.8, 4) is 0 Å². The van der Waals surface area contributed by atoms with Gasteiger partial charge in [0.15, 0.2) is 6.04 Å². The van der Waals surface area contributed by atoms with Gasteiger partial charge < -0.3 is 9.67 Å². The molecule has 2 rings (SSSR count). The van der Waals surface area contributed by atoms with Gasteiger partial charge in [-0.1, -0.05) is 23.7 Å². The van der Waals surface area contributed by atoms with E-state index in [-0.39, 0.29) is 0 Å². The summed E-state index contributed by atoms with van der Waals surface area (Å²) in [6, 6.07) is 9.75. The van der Waals surface area contributed by atoms with Crippen molar-refractivity contribution in [2.24, 2.45) is 0 Å². The van der Waals surface area contributed by atoms with Crippen LogP contribution in [0, 0.1) is 0 Å². The lowest BCUT2D eigenvalue weighted by Gasteiger charge is -2.14. The molecule has 16 heavy (non-hydrogen) atoms. The molecule has 0 fully saturated rings. The molecule has 0 aliphatic carbocycles. The average molecular weight is 236 g/mol. The molecule has 3 nitrogen and oxygen atoms in total. The van der Waals surface area contributed by atoms with Gasteiger partial charge in [-0.25, -0.2) is 4.79 Å². The van der Waals surface area contributed by atoms with Gasteiger partial charge in [0, 0.05) is 17.4 Å². The molecule has 0 amide bonds. The third-order valence-corrected chi connectivity index (χ3v) is 2.56. The highest BCUT2D eigenvalue weighted by Crippen LogP contribution is 2.21. The minimum Gasteiger partial charge on any atom is -0.479 e. The maximum Gasteiger partial charge on any atom is 0.331 e. The second-order valence-corrected chi connectivity index (χ2v) is 3.86. The Hall–Kier alpha value is -1.74. The SMILES string of the molecule is O=C(O)[C@H](c1cccc(Cl)c1)n1cccc1. The fourth-order valence-electron chi connectivity index (χ4n) is 1.64. The fourth-order valence-corrected chi connectivity index (χ4v) is 1.84. The number of carboxylic acids is 1. The summed E-state index contributed by atoms with van der Waals surface area (Å²) in [5.41, 5.74) is 0.663. The van der Waals surface area contributed by atoms with E-state index in [0.717, 1.165) is 0 Å². The van der Waals surface area contributed by atoms with Crippen molar-refractivity contribution in [1.82, 2.24) is 4.57 Å². The molecule has 2 aromatic rings. The van der Waals surface area contributed by atoms with Gasteiger partial charge >= 0.3 is 5.97 Å². The van der Waals surface area contributed by atoms with Crippen molar-refractivity contribution in [3.63, 3.8) is 0 Å². The Labute approximate surface area is 97.9 Å². The van der Waals surface area contributed by atoms with E-state index in [9.17, 15) is 9.90 Å². The number of carboxylic acid groups (broad SMARTS) is 1. The van der Waals surface area contributed by atoms with Crippen LogP contribution in [0.25, 0.3) is 0 Å². The van der Waals surface area contributed by atoms with Crippen LogP contribution in [0.5, 0.6) is 0 Å². The van der Waals surface area contributed by atoms with Crippen molar-refractivity contribution < 1.29 is 9.90 Å². The molecule has 0 saturated carbocycles. The standard InChI is InChI=1S/C12H10ClNO2/c13-10-5-3-4-9(8-10)11(12(15)16)14-6-1-2-7-14/h1-8,11H,(H,15,16)/t11-/m0/s1. The van der Waals surface area contributed by atoms with Gasteiger partial charge in [-0.05, 0) is 29.8 Å². The van der Waals surface area contributed by atoms with E-state index in [1.54, 1.807) is 53.4 Å². The van der Waals surface area contributed by atoms with Crippen molar-refractivity contribution >= 4 is 17.6 Å². The van der Waals surface area contributed by atoms with Gasteiger partial charge in [0.25, 0.3) is 0 Å². The summed E-state index contributed by atoms with van der Waals surface area (Å²) in [6.07, 6.45) is 3.44. The van der Waals surface area contributed by atoms with Gasteiger partial charge in [0.05, 0.1) is 0 Å². The van der Waals surface area contributed by atoms with Crippen molar-refractivity contribution in [1.29, 1.82) is 0 Å². The molecule has 0 unspecified atom stereocenters. The fraction of sp³-hybridized carbons (Fsp3) is 0.0833. The highest BCUT2D eigenvalue weighted by atomic mass is 35.5. The number of hydrogen-bond acceptors (Lipinski definition) is 1. The molecule has 0 bridgehead atoms. The van der Waals surface area contributed by atoms with Crippen molar-refractivity contribution in [3.05, 3.63) is 59.4 Å². The zero-order valence-corrected chi connectivity index (χ0v) is 9.13. The van der Waals surface area contributed by atoms with Crippen molar-refractivity contribution in [2.45, 2.75) is 6.04 Å². The number of aromatic nitrogens is 1. The van der Waals surface area contributed by atoms with Crippen LogP contribution >= 0.6 is 11.6 Å². The summed E-state index contributed by atoms with van der Waals surface area (Å²) in [4.78, 5) is 11.2. The lowest BCUT2D eigenvalue weighted by molar-refractivity contribution is -0.139. The molecule has 0 saturated heterocycles. The Morgan fingerprint density at radius 3 is 2.50 bits per heavy atom. The van der Waals surface area contributed by atoms with Crippen LogP contribution in [0.2, 0.25) is 5.02 Å². The third-order valence-electron chi connectivity index (χ3n) is 2.32. The van der Waals surface area contributed by atoms with Gasteiger partial charge in [0.2, 0.25) is 0 Å². The van der Waals surface area contributed by atoms with Gasteiger partial charge in [-0.15, -0.1) is 0 Å². The molecule has 1 atom stereocenters. The molecule has 82 valence electrons. The summed E-state index contributed by atoms with van der Waals surface area (Å²) in [5, 5.41) is 9.76. The molecule has 0 spiro atoms. The van der Waals surface area contributed by atoms with Crippen LogP contribution in [0.1, 0.15) is 11.6 Å².